The van der Waals surface area contributed by atoms with Crippen LogP contribution in [0.25, 0.3) is 11.6 Å². The summed E-state index contributed by atoms with van der Waals surface area (Å²) in [7, 11) is 0. The average Bonchev–Trinajstić information content (AvgIpc) is 3.20. The molecule has 0 atom stereocenters. The second-order valence-electron chi connectivity index (χ2n) is 7.33. The molecule has 2 N–H and O–H groups in total. The highest BCUT2D eigenvalue weighted by molar-refractivity contribution is 6.30. The number of aryl methyl sites for hydroxylation is 1. The van der Waals surface area contributed by atoms with Crippen LogP contribution in [0.15, 0.2) is 72.8 Å². The van der Waals surface area contributed by atoms with Gasteiger partial charge in [0.25, 0.3) is 11.8 Å². The Kier molecular flexibility index (Phi) is 5.46. The van der Waals surface area contributed by atoms with Crippen molar-refractivity contribution in [2.45, 2.75) is 13.3 Å². The van der Waals surface area contributed by atoms with Crippen molar-refractivity contribution >= 4 is 29.2 Å². The molecule has 1 aliphatic heterocycles. The average molecular weight is 398 g/mol. The number of carbonyl (C=O) groups excluding carboxylic acids is 2. The highest BCUT2D eigenvalue weighted by atomic mass is 16.5. The number of hydrogen-bond acceptors (Lipinski definition) is 3. The van der Waals surface area contributed by atoms with Crippen LogP contribution in [0, 0.1) is 6.92 Å². The topological polar surface area (TPSA) is 69.6 Å². The third-order valence-corrected chi connectivity index (χ3v) is 5.26. The standard InChI is InChI=1S/C25H22N2O3/c1-17-6-5-9-20(14-17)22(15-18-7-3-2-4-8-18)25(29)27-13-12-19-10-11-21(16-23(19)27)24(28)26-30/h2-11,14-16,30H,12-13H2,1H3,(H,26,28)/b22-15+. The zero-order valence-corrected chi connectivity index (χ0v) is 16.6. The maximum atomic E-state index is 13.7. The first-order valence-corrected chi connectivity index (χ1v) is 9.80. The van der Waals surface area contributed by atoms with Gasteiger partial charge in [0, 0.05) is 23.4 Å². The van der Waals surface area contributed by atoms with Crippen molar-refractivity contribution in [1.29, 1.82) is 0 Å². The van der Waals surface area contributed by atoms with Crippen molar-refractivity contribution in [3.8, 4) is 0 Å². The fourth-order valence-corrected chi connectivity index (χ4v) is 3.74. The van der Waals surface area contributed by atoms with E-state index in [0.717, 1.165) is 22.3 Å². The van der Waals surface area contributed by atoms with E-state index in [9.17, 15) is 9.59 Å². The number of rotatable bonds is 4. The zero-order chi connectivity index (χ0) is 21.1. The Morgan fingerprint density at radius 2 is 1.77 bits per heavy atom. The van der Waals surface area contributed by atoms with Crippen molar-refractivity contribution in [2.24, 2.45) is 0 Å². The quantitative estimate of drug-likeness (QED) is 0.299. The van der Waals surface area contributed by atoms with E-state index in [1.54, 1.807) is 22.5 Å². The molecule has 150 valence electrons. The number of benzene rings is 3. The third-order valence-electron chi connectivity index (χ3n) is 5.26. The highest BCUT2D eigenvalue weighted by Gasteiger charge is 2.28. The summed E-state index contributed by atoms with van der Waals surface area (Å²) in [6, 6.07) is 22.8. The second-order valence-corrected chi connectivity index (χ2v) is 7.33. The van der Waals surface area contributed by atoms with E-state index in [4.69, 9.17) is 5.21 Å². The predicted octanol–water partition coefficient (Wildman–Crippen LogP) is 4.24. The fourth-order valence-electron chi connectivity index (χ4n) is 3.74. The molecule has 3 aromatic carbocycles. The molecule has 0 saturated carbocycles. The van der Waals surface area contributed by atoms with Crippen molar-refractivity contribution in [3.63, 3.8) is 0 Å². The van der Waals surface area contributed by atoms with E-state index >= 15 is 0 Å². The molecule has 2 amide bonds. The molecule has 0 radical (unpaired) electrons. The lowest BCUT2D eigenvalue weighted by Gasteiger charge is -2.20. The van der Waals surface area contributed by atoms with Crippen molar-refractivity contribution in [2.75, 3.05) is 11.4 Å². The molecular weight excluding hydrogens is 376 g/mol. The Balaban J connectivity index is 1.77. The SMILES string of the molecule is Cc1cccc(/C(=C\c2ccccc2)C(=O)N2CCc3ccc(C(=O)NO)cc32)c1. The normalized spacial score (nSPS) is 13.1. The van der Waals surface area contributed by atoms with Crippen LogP contribution in [-0.2, 0) is 11.2 Å². The van der Waals surface area contributed by atoms with Gasteiger partial charge in [0.1, 0.15) is 0 Å². The van der Waals surface area contributed by atoms with Crippen molar-refractivity contribution in [3.05, 3.63) is 101 Å². The molecule has 4 rings (SSSR count). The van der Waals surface area contributed by atoms with Crippen LogP contribution >= 0.6 is 0 Å². The van der Waals surface area contributed by atoms with Gasteiger partial charge in [-0.15, -0.1) is 0 Å². The van der Waals surface area contributed by atoms with E-state index < -0.39 is 5.91 Å². The predicted molar refractivity (Wildman–Crippen MR) is 117 cm³/mol. The molecule has 5 nitrogen and oxygen atoms in total. The van der Waals surface area contributed by atoms with Crippen LogP contribution < -0.4 is 10.4 Å². The van der Waals surface area contributed by atoms with Crippen LogP contribution in [-0.4, -0.2) is 23.6 Å². The first-order valence-electron chi connectivity index (χ1n) is 9.80. The van der Waals surface area contributed by atoms with Crippen LogP contribution in [0.1, 0.15) is 32.6 Å². The number of nitrogens with one attached hydrogen (secondary N) is 1. The summed E-state index contributed by atoms with van der Waals surface area (Å²) in [4.78, 5) is 27.2. The zero-order valence-electron chi connectivity index (χ0n) is 16.6. The Hall–Kier alpha value is -3.70. The molecule has 0 aliphatic carbocycles. The monoisotopic (exact) mass is 398 g/mol. The van der Waals surface area contributed by atoms with Gasteiger partial charge in [-0.05, 0) is 48.2 Å². The Bertz CT molecular complexity index is 1140. The Morgan fingerprint density at radius 3 is 2.50 bits per heavy atom. The molecule has 30 heavy (non-hydrogen) atoms. The molecule has 1 aliphatic rings. The minimum absolute atomic E-state index is 0.121. The largest absolute Gasteiger partial charge is 0.308 e. The van der Waals surface area contributed by atoms with E-state index in [1.807, 2.05) is 73.7 Å². The summed E-state index contributed by atoms with van der Waals surface area (Å²) in [6.07, 6.45) is 2.62. The number of fused-ring (bicyclic) bond motifs is 1. The summed E-state index contributed by atoms with van der Waals surface area (Å²) in [6.45, 7) is 2.54. The molecular formula is C25H22N2O3. The van der Waals surface area contributed by atoms with Gasteiger partial charge < -0.3 is 4.90 Å². The summed E-state index contributed by atoms with van der Waals surface area (Å²) in [5.41, 5.74) is 7.11. The molecule has 0 spiro atoms. The first-order chi connectivity index (χ1) is 14.6. The Labute approximate surface area is 175 Å². The second kappa shape index (κ2) is 8.35. The Morgan fingerprint density at radius 1 is 0.967 bits per heavy atom. The summed E-state index contributed by atoms with van der Waals surface area (Å²) in [5, 5.41) is 8.95. The summed E-state index contributed by atoms with van der Waals surface area (Å²) >= 11 is 0. The van der Waals surface area contributed by atoms with Gasteiger partial charge in [-0.2, -0.15) is 0 Å². The van der Waals surface area contributed by atoms with Crippen LogP contribution in [0.4, 0.5) is 5.69 Å². The van der Waals surface area contributed by atoms with Gasteiger partial charge in [0.2, 0.25) is 0 Å². The molecule has 3 aromatic rings. The van der Waals surface area contributed by atoms with Crippen molar-refractivity contribution < 1.29 is 14.8 Å². The van der Waals surface area contributed by atoms with Crippen LogP contribution in [0.3, 0.4) is 0 Å². The van der Waals surface area contributed by atoms with Crippen LogP contribution in [0.5, 0.6) is 0 Å². The lowest BCUT2D eigenvalue weighted by atomic mass is 9.99. The number of carbonyl (C=O) groups is 2. The molecule has 0 unspecified atom stereocenters. The number of anilines is 1. The van der Waals surface area contributed by atoms with Gasteiger partial charge in [-0.25, -0.2) is 5.48 Å². The molecule has 0 fully saturated rings. The number of amides is 2. The van der Waals surface area contributed by atoms with Gasteiger partial charge in [-0.1, -0.05) is 66.2 Å². The van der Waals surface area contributed by atoms with Gasteiger partial charge in [-0.3, -0.25) is 14.8 Å². The smallest absolute Gasteiger partial charge is 0.274 e. The summed E-state index contributed by atoms with van der Waals surface area (Å²) in [5.74, 6) is -0.722. The maximum Gasteiger partial charge on any atom is 0.274 e. The van der Waals surface area contributed by atoms with Crippen LogP contribution in [0.2, 0.25) is 0 Å². The molecule has 5 heteroatoms. The summed E-state index contributed by atoms with van der Waals surface area (Å²) < 4.78 is 0. The third kappa shape index (κ3) is 3.88. The fraction of sp³-hybridized carbons (Fsp3) is 0.120. The lowest BCUT2D eigenvalue weighted by Crippen LogP contribution is -2.30. The van der Waals surface area contributed by atoms with E-state index in [-0.39, 0.29) is 5.91 Å². The van der Waals surface area contributed by atoms with E-state index in [2.05, 4.69) is 0 Å². The minimum Gasteiger partial charge on any atom is -0.308 e. The van der Waals surface area contributed by atoms with Gasteiger partial charge >= 0.3 is 0 Å². The van der Waals surface area contributed by atoms with Gasteiger partial charge in [0.15, 0.2) is 0 Å². The van der Waals surface area contributed by atoms with Crippen molar-refractivity contribution in [1.82, 2.24) is 5.48 Å². The van der Waals surface area contributed by atoms with Gasteiger partial charge in [0.05, 0.1) is 0 Å². The number of hydroxylamine groups is 1. The van der Waals surface area contributed by atoms with E-state index in [0.29, 0.717) is 29.8 Å². The molecule has 0 aromatic heterocycles. The van der Waals surface area contributed by atoms with E-state index in [1.165, 1.54) is 0 Å². The lowest BCUT2D eigenvalue weighted by molar-refractivity contribution is -0.113. The molecule has 0 bridgehead atoms. The number of hydrogen-bond donors (Lipinski definition) is 2. The first kappa shape index (κ1) is 19.6. The maximum absolute atomic E-state index is 13.7. The minimum atomic E-state index is -0.601. The number of nitrogens with zero attached hydrogens (tertiary/aromatic N) is 1. The molecule has 1 heterocycles. The highest BCUT2D eigenvalue weighted by Crippen LogP contribution is 2.33. The molecule has 0 saturated heterocycles.